The van der Waals surface area contributed by atoms with E-state index in [1.54, 1.807) is 24.5 Å². The SMILES string of the molecule is O=C(NCCc1nccn1C(F)F)c1oc2ccccc2c1CSc1ncccn1. The fraction of sp³-hybridized carbons (Fsp3) is 0.200. The minimum Gasteiger partial charge on any atom is -0.451 e. The molecule has 4 rings (SSSR count). The van der Waals surface area contributed by atoms with Gasteiger partial charge in [0, 0.05) is 54.5 Å². The number of carbonyl (C=O) groups excluding carboxylic acids is 1. The molecule has 0 saturated carbocycles. The van der Waals surface area contributed by atoms with Crippen LogP contribution in [0.1, 0.15) is 28.5 Å². The lowest BCUT2D eigenvalue weighted by Gasteiger charge is -2.07. The van der Waals surface area contributed by atoms with E-state index in [-0.39, 0.29) is 24.6 Å². The first-order valence-electron chi connectivity index (χ1n) is 9.12. The van der Waals surface area contributed by atoms with Crippen molar-refractivity contribution in [1.29, 1.82) is 0 Å². The molecular formula is C20H17F2N5O2S. The number of nitrogens with zero attached hydrogens (tertiary/aromatic N) is 4. The zero-order valence-electron chi connectivity index (χ0n) is 15.7. The van der Waals surface area contributed by atoms with Gasteiger partial charge in [0.15, 0.2) is 10.9 Å². The lowest BCUT2D eigenvalue weighted by atomic mass is 10.1. The molecule has 0 bridgehead atoms. The minimum absolute atomic E-state index is 0.147. The Morgan fingerprint density at radius 3 is 2.73 bits per heavy atom. The second-order valence-corrected chi connectivity index (χ2v) is 7.20. The number of amides is 1. The lowest BCUT2D eigenvalue weighted by Crippen LogP contribution is -2.27. The number of hydrogen-bond acceptors (Lipinski definition) is 6. The Morgan fingerprint density at radius 1 is 1.13 bits per heavy atom. The molecule has 3 heterocycles. The highest BCUT2D eigenvalue weighted by Crippen LogP contribution is 2.31. The third kappa shape index (κ3) is 4.33. The molecule has 154 valence electrons. The molecule has 1 N–H and O–H groups in total. The monoisotopic (exact) mass is 429 g/mol. The summed E-state index contributed by atoms with van der Waals surface area (Å²) in [6.45, 7) is -2.52. The smallest absolute Gasteiger partial charge is 0.319 e. The van der Waals surface area contributed by atoms with Crippen molar-refractivity contribution in [2.75, 3.05) is 6.54 Å². The number of halogens is 2. The summed E-state index contributed by atoms with van der Waals surface area (Å²) >= 11 is 1.39. The van der Waals surface area contributed by atoms with Gasteiger partial charge < -0.3 is 9.73 Å². The normalized spacial score (nSPS) is 11.3. The number of nitrogens with one attached hydrogen (secondary N) is 1. The van der Waals surface area contributed by atoms with E-state index in [1.165, 1.54) is 24.2 Å². The largest absolute Gasteiger partial charge is 0.451 e. The molecule has 0 radical (unpaired) electrons. The quantitative estimate of drug-likeness (QED) is 0.336. The molecule has 0 saturated heterocycles. The molecule has 0 fully saturated rings. The van der Waals surface area contributed by atoms with Crippen LogP contribution in [0.15, 0.2) is 64.7 Å². The number of imidazole rings is 1. The molecule has 4 aromatic rings. The van der Waals surface area contributed by atoms with Gasteiger partial charge in [-0.05, 0) is 12.1 Å². The summed E-state index contributed by atoms with van der Waals surface area (Å²) in [5.74, 6) is 0.425. The number of alkyl halides is 2. The van der Waals surface area contributed by atoms with Gasteiger partial charge in [-0.2, -0.15) is 8.78 Å². The van der Waals surface area contributed by atoms with Crippen LogP contribution in [0, 0.1) is 0 Å². The number of aromatic nitrogens is 4. The fourth-order valence-electron chi connectivity index (χ4n) is 3.01. The van der Waals surface area contributed by atoms with Crippen LogP contribution in [0.3, 0.4) is 0 Å². The first-order valence-corrected chi connectivity index (χ1v) is 10.1. The van der Waals surface area contributed by atoms with Crippen LogP contribution in [0.4, 0.5) is 8.78 Å². The molecule has 1 aromatic carbocycles. The van der Waals surface area contributed by atoms with Crippen molar-refractivity contribution < 1.29 is 18.0 Å². The first kappa shape index (κ1) is 20.0. The Hall–Kier alpha value is -3.27. The summed E-state index contributed by atoms with van der Waals surface area (Å²) in [5, 5.41) is 4.15. The van der Waals surface area contributed by atoms with E-state index in [4.69, 9.17) is 4.42 Å². The highest BCUT2D eigenvalue weighted by Gasteiger charge is 2.21. The number of benzene rings is 1. The van der Waals surface area contributed by atoms with Crippen LogP contribution >= 0.6 is 11.8 Å². The predicted molar refractivity (Wildman–Crippen MR) is 107 cm³/mol. The van der Waals surface area contributed by atoms with Crippen molar-refractivity contribution in [3.05, 3.63) is 72.3 Å². The molecule has 30 heavy (non-hydrogen) atoms. The highest BCUT2D eigenvalue weighted by atomic mass is 32.2. The van der Waals surface area contributed by atoms with Crippen molar-refractivity contribution in [1.82, 2.24) is 24.8 Å². The summed E-state index contributed by atoms with van der Waals surface area (Å²) in [4.78, 5) is 25.1. The van der Waals surface area contributed by atoms with Crippen LogP contribution in [-0.4, -0.2) is 32.0 Å². The van der Waals surface area contributed by atoms with Gasteiger partial charge in [0.05, 0.1) is 0 Å². The number of furan rings is 1. The number of carbonyl (C=O) groups is 1. The van der Waals surface area contributed by atoms with E-state index in [0.717, 1.165) is 15.5 Å². The van der Waals surface area contributed by atoms with Gasteiger partial charge in [0.2, 0.25) is 0 Å². The predicted octanol–water partition coefficient (Wildman–Crippen LogP) is 4.08. The minimum atomic E-state index is -2.67. The van der Waals surface area contributed by atoms with Crippen LogP contribution in [0.25, 0.3) is 11.0 Å². The van der Waals surface area contributed by atoms with Gasteiger partial charge in [0.25, 0.3) is 5.91 Å². The Labute approximate surface area is 174 Å². The number of hydrogen-bond donors (Lipinski definition) is 1. The molecule has 0 atom stereocenters. The molecular weight excluding hydrogens is 412 g/mol. The van der Waals surface area contributed by atoms with E-state index in [2.05, 4.69) is 20.3 Å². The number of fused-ring (bicyclic) bond motifs is 1. The fourth-order valence-corrected chi connectivity index (χ4v) is 3.84. The van der Waals surface area contributed by atoms with Gasteiger partial charge in [-0.1, -0.05) is 30.0 Å². The maximum atomic E-state index is 12.9. The maximum absolute atomic E-state index is 12.9. The number of rotatable bonds is 8. The maximum Gasteiger partial charge on any atom is 0.319 e. The van der Waals surface area contributed by atoms with Gasteiger partial charge in [-0.3, -0.25) is 9.36 Å². The van der Waals surface area contributed by atoms with Crippen molar-refractivity contribution in [3.8, 4) is 0 Å². The van der Waals surface area contributed by atoms with E-state index in [9.17, 15) is 13.6 Å². The van der Waals surface area contributed by atoms with E-state index in [1.807, 2.05) is 18.2 Å². The summed E-state index contributed by atoms with van der Waals surface area (Å²) < 4.78 is 32.4. The molecule has 3 aromatic heterocycles. The Bertz CT molecular complexity index is 1150. The summed E-state index contributed by atoms with van der Waals surface area (Å²) in [5.41, 5.74) is 1.33. The van der Waals surface area contributed by atoms with Crippen LogP contribution in [0.2, 0.25) is 0 Å². The van der Waals surface area contributed by atoms with Gasteiger partial charge in [0.1, 0.15) is 11.4 Å². The van der Waals surface area contributed by atoms with E-state index < -0.39 is 12.5 Å². The highest BCUT2D eigenvalue weighted by molar-refractivity contribution is 7.98. The van der Waals surface area contributed by atoms with Crippen molar-refractivity contribution in [2.45, 2.75) is 23.9 Å². The van der Waals surface area contributed by atoms with E-state index >= 15 is 0 Å². The van der Waals surface area contributed by atoms with Crippen LogP contribution in [-0.2, 0) is 12.2 Å². The zero-order valence-corrected chi connectivity index (χ0v) is 16.5. The number of thioether (sulfide) groups is 1. The molecule has 0 aliphatic rings. The van der Waals surface area contributed by atoms with Crippen LogP contribution in [0.5, 0.6) is 0 Å². The average molecular weight is 429 g/mol. The Kier molecular flexibility index (Phi) is 6.03. The third-order valence-electron chi connectivity index (χ3n) is 4.39. The molecule has 0 aliphatic carbocycles. The second-order valence-electron chi connectivity index (χ2n) is 6.26. The topological polar surface area (TPSA) is 85.8 Å². The van der Waals surface area contributed by atoms with E-state index in [0.29, 0.717) is 16.5 Å². The molecule has 7 nitrogen and oxygen atoms in total. The summed E-state index contributed by atoms with van der Waals surface area (Å²) in [7, 11) is 0. The summed E-state index contributed by atoms with van der Waals surface area (Å²) in [6, 6.07) is 9.11. The van der Waals surface area contributed by atoms with Gasteiger partial charge in [-0.15, -0.1) is 0 Å². The molecule has 1 amide bonds. The first-order chi connectivity index (χ1) is 14.6. The Morgan fingerprint density at radius 2 is 1.93 bits per heavy atom. The third-order valence-corrected chi connectivity index (χ3v) is 5.29. The average Bonchev–Trinajstić information content (AvgIpc) is 3.37. The van der Waals surface area contributed by atoms with Gasteiger partial charge >= 0.3 is 6.55 Å². The van der Waals surface area contributed by atoms with Crippen LogP contribution < -0.4 is 5.32 Å². The lowest BCUT2D eigenvalue weighted by molar-refractivity contribution is 0.0670. The molecule has 10 heteroatoms. The number of para-hydroxylation sites is 1. The van der Waals surface area contributed by atoms with Crippen molar-refractivity contribution >= 4 is 28.6 Å². The van der Waals surface area contributed by atoms with Crippen molar-refractivity contribution in [2.24, 2.45) is 0 Å². The zero-order chi connectivity index (χ0) is 20.9. The summed E-state index contributed by atoms with van der Waals surface area (Å²) in [6.07, 6.45) is 6.00. The van der Waals surface area contributed by atoms with Crippen molar-refractivity contribution in [3.63, 3.8) is 0 Å². The second kappa shape index (κ2) is 9.04. The Balaban J connectivity index is 1.49. The molecule has 0 unspecified atom stereocenters. The standard InChI is InChI=1S/C20H17F2N5O2S/c21-19(22)27-11-10-23-16(27)6-9-24-18(28)17-14(12-30-20-25-7-3-8-26-20)13-4-1-2-5-15(13)29-17/h1-5,7-8,10-11,19H,6,9,12H2,(H,24,28). The molecule has 0 aliphatic heterocycles. The molecule has 0 spiro atoms. The van der Waals surface area contributed by atoms with Gasteiger partial charge in [-0.25, -0.2) is 15.0 Å².